The van der Waals surface area contributed by atoms with E-state index in [1.54, 1.807) is 12.1 Å². The van der Waals surface area contributed by atoms with Crippen LogP contribution in [0.15, 0.2) is 41.9 Å². The molecule has 7 nitrogen and oxygen atoms in total. The topological polar surface area (TPSA) is 120 Å². The molecule has 0 aliphatic heterocycles. The van der Waals surface area contributed by atoms with E-state index in [-0.39, 0.29) is 17.7 Å². The first-order valence-corrected chi connectivity index (χ1v) is 7.61. The van der Waals surface area contributed by atoms with Crippen molar-refractivity contribution in [2.45, 2.75) is 31.7 Å². The van der Waals surface area contributed by atoms with Crippen LogP contribution in [0.5, 0.6) is 5.75 Å². The number of nitrogens with one attached hydrogen (secondary N) is 1. The SMILES string of the molecule is NN/C(C(=O)O)=C(\N)OC1CC=C(c2ccc(OC(F)(F)F)cc2)CC1. The Morgan fingerprint density at radius 3 is 2.38 bits per heavy atom. The first-order valence-electron chi connectivity index (χ1n) is 7.61. The van der Waals surface area contributed by atoms with Gasteiger partial charge in [-0.3, -0.25) is 5.84 Å². The quantitative estimate of drug-likeness (QED) is 0.261. The first kappa shape index (κ1) is 19.4. The summed E-state index contributed by atoms with van der Waals surface area (Å²) in [6.45, 7) is 0. The van der Waals surface area contributed by atoms with Gasteiger partial charge >= 0.3 is 12.3 Å². The van der Waals surface area contributed by atoms with E-state index in [1.165, 1.54) is 12.1 Å². The summed E-state index contributed by atoms with van der Waals surface area (Å²) in [5.41, 5.74) is 8.84. The first-order chi connectivity index (χ1) is 12.2. The summed E-state index contributed by atoms with van der Waals surface area (Å²) in [5.74, 6) is 3.16. The van der Waals surface area contributed by atoms with Gasteiger partial charge in [0.15, 0.2) is 5.70 Å². The number of allylic oxidation sites excluding steroid dienone is 1. The Morgan fingerprint density at radius 1 is 1.27 bits per heavy atom. The number of carboxylic acids is 1. The van der Waals surface area contributed by atoms with E-state index in [0.29, 0.717) is 19.3 Å². The van der Waals surface area contributed by atoms with Crippen LogP contribution in [0.1, 0.15) is 24.8 Å². The van der Waals surface area contributed by atoms with Crippen molar-refractivity contribution >= 4 is 11.5 Å². The largest absolute Gasteiger partial charge is 0.573 e. The van der Waals surface area contributed by atoms with Gasteiger partial charge in [0.05, 0.1) is 0 Å². The van der Waals surface area contributed by atoms with Crippen LogP contribution in [0, 0.1) is 0 Å². The molecule has 0 saturated carbocycles. The van der Waals surface area contributed by atoms with Crippen LogP contribution in [0.4, 0.5) is 13.2 Å². The zero-order valence-electron chi connectivity index (χ0n) is 13.5. The lowest BCUT2D eigenvalue weighted by atomic mass is 9.92. The van der Waals surface area contributed by atoms with Gasteiger partial charge < -0.3 is 25.7 Å². The second-order valence-corrected chi connectivity index (χ2v) is 5.50. The number of halogens is 3. The molecule has 1 aromatic rings. The summed E-state index contributed by atoms with van der Waals surface area (Å²) < 4.78 is 45.7. The fraction of sp³-hybridized carbons (Fsp3) is 0.312. The molecule has 0 bridgehead atoms. The molecule has 26 heavy (non-hydrogen) atoms. The molecule has 0 spiro atoms. The van der Waals surface area contributed by atoms with E-state index in [2.05, 4.69) is 4.74 Å². The predicted octanol–water partition coefficient (Wildman–Crippen LogP) is 2.21. The standard InChI is InChI=1S/C16H18F3N3O4/c17-16(18,19)26-12-7-3-10(4-8-12)9-1-5-11(6-2-9)25-14(20)13(22-21)15(23)24/h1,3-4,7-8,11,22H,2,5-6,20-21H2,(H,23,24)/b14-13+. The van der Waals surface area contributed by atoms with E-state index >= 15 is 0 Å². The maximum Gasteiger partial charge on any atom is 0.573 e. The minimum atomic E-state index is -4.73. The third kappa shape index (κ3) is 5.31. The van der Waals surface area contributed by atoms with Gasteiger partial charge in [-0.2, -0.15) is 0 Å². The van der Waals surface area contributed by atoms with E-state index in [9.17, 15) is 18.0 Å². The Bertz CT molecular complexity index is 714. The number of hydrogen-bond donors (Lipinski definition) is 4. The van der Waals surface area contributed by atoms with Gasteiger partial charge in [0.2, 0.25) is 5.88 Å². The number of aliphatic carboxylic acids is 1. The van der Waals surface area contributed by atoms with Gasteiger partial charge in [0.25, 0.3) is 0 Å². The average Bonchev–Trinajstić information content (AvgIpc) is 2.55. The number of nitrogens with two attached hydrogens (primary N) is 2. The Hall–Kier alpha value is -2.88. The van der Waals surface area contributed by atoms with Crippen LogP contribution in [0.3, 0.4) is 0 Å². The number of ether oxygens (including phenoxy) is 2. The van der Waals surface area contributed by atoms with Gasteiger partial charge in [-0.15, -0.1) is 13.2 Å². The number of rotatable bonds is 6. The van der Waals surface area contributed by atoms with Gasteiger partial charge in [0.1, 0.15) is 11.9 Å². The molecular weight excluding hydrogens is 355 g/mol. The highest BCUT2D eigenvalue weighted by Crippen LogP contribution is 2.31. The van der Waals surface area contributed by atoms with Crippen molar-refractivity contribution in [3.63, 3.8) is 0 Å². The van der Waals surface area contributed by atoms with Crippen LogP contribution in [0.25, 0.3) is 5.57 Å². The van der Waals surface area contributed by atoms with Crippen molar-refractivity contribution in [1.29, 1.82) is 0 Å². The lowest BCUT2D eigenvalue weighted by Gasteiger charge is -2.24. The Morgan fingerprint density at radius 2 is 1.92 bits per heavy atom. The summed E-state index contributed by atoms with van der Waals surface area (Å²) in [6.07, 6.45) is -1.56. The molecule has 1 unspecified atom stereocenters. The zero-order valence-corrected chi connectivity index (χ0v) is 13.5. The molecule has 1 aliphatic rings. The number of alkyl halides is 3. The summed E-state index contributed by atoms with van der Waals surface area (Å²) in [7, 11) is 0. The normalized spacial score (nSPS) is 18.5. The molecule has 10 heteroatoms. The number of carboxylic acid groups (broad SMARTS) is 1. The minimum absolute atomic E-state index is 0.285. The fourth-order valence-corrected chi connectivity index (χ4v) is 2.53. The molecule has 0 amide bonds. The lowest BCUT2D eigenvalue weighted by molar-refractivity contribution is -0.274. The smallest absolute Gasteiger partial charge is 0.476 e. The van der Waals surface area contributed by atoms with E-state index in [0.717, 1.165) is 11.1 Å². The Labute approximate surface area is 147 Å². The van der Waals surface area contributed by atoms with Crippen molar-refractivity contribution in [2.24, 2.45) is 11.6 Å². The molecule has 1 aromatic carbocycles. The van der Waals surface area contributed by atoms with Crippen molar-refractivity contribution in [3.8, 4) is 5.75 Å². The highest BCUT2D eigenvalue weighted by molar-refractivity contribution is 5.86. The maximum atomic E-state index is 12.2. The van der Waals surface area contributed by atoms with Gasteiger partial charge in [-0.25, -0.2) is 4.79 Å². The van der Waals surface area contributed by atoms with Crippen molar-refractivity contribution < 1.29 is 32.5 Å². The third-order valence-corrected chi connectivity index (χ3v) is 3.72. The van der Waals surface area contributed by atoms with Crippen molar-refractivity contribution in [3.05, 3.63) is 47.5 Å². The summed E-state index contributed by atoms with van der Waals surface area (Å²) >= 11 is 0. The molecule has 142 valence electrons. The average molecular weight is 373 g/mol. The molecule has 0 heterocycles. The number of carbonyl (C=O) groups is 1. The monoisotopic (exact) mass is 373 g/mol. The van der Waals surface area contributed by atoms with E-state index in [1.807, 2.05) is 11.5 Å². The van der Waals surface area contributed by atoms with E-state index in [4.69, 9.17) is 21.4 Å². The molecule has 0 aromatic heterocycles. The summed E-state index contributed by atoms with van der Waals surface area (Å²) in [6, 6.07) is 5.59. The Kier molecular flexibility index (Phi) is 5.98. The number of hydrogen-bond acceptors (Lipinski definition) is 6. The molecule has 1 atom stereocenters. The van der Waals surface area contributed by atoms with Gasteiger partial charge in [0, 0.05) is 6.42 Å². The van der Waals surface area contributed by atoms with Gasteiger partial charge in [-0.1, -0.05) is 18.2 Å². The second-order valence-electron chi connectivity index (χ2n) is 5.50. The molecule has 0 fully saturated rings. The van der Waals surface area contributed by atoms with E-state index < -0.39 is 18.0 Å². The fourth-order valence-electron chi connectivity index (χ4n) is 2.53. The molecular formula is C16H18F3N3O4. The van der Waals surface area contributed by atoms with Crippen molar-refractivity contribution in [1.82, 2.24) is 5.43 Å². The number of benzene rings is 1. The second kappa shape index (κ2) is 8.00. The third-order valence-electron chi connectivity index (χ3n) is 3.72. The van der Waals surface area contributed by atoms with Gasteiger partial charge in [-0.05, 0) is 36.1 Å². The van der Waals surface area contributed by atoms with Crippen molar-refractivity contribution in [2.75, 3.05) is 0 Å². The lowest BCUT2D eigenvalue weighted by Crippen LogP contribution is -2.32. The summed E-state index contributed by atoms with van der Waals surface area (Å²) in [4.78, 5) is 10.9. The minimum Gasteiger partial charge on any atom is -0.476 e. The highest BCUT2D eigenvalue weighted by atomic mass is 19.4. The zero-order chi connectivity index (χ0) is 19.3. The summed E-state index contributed by atoms with van der Waals surface area (Å²) in [5, 5.41) is 8.90. The molecule has 0 radical (unpaired) electrons. The molecule has 1 aliphatic carbocycles. The Balaban J connectivity index is 2.00. The molecule has 6 N–H and O–H groups in total. The predicted molar refractivity (Wildman–Crippen MR) is 86.0 cm³/mol. The molecule has 0 saturated heterocycles. The van der Waals surface area contributed by atoms with Crippen LogP contribution < -0.4 is 21.7 Å². The molecule has 2 rings (SSSR count). The van der Waals surface area contributed by atoms with Crippen LogP contribution in [0.2, 0.25) is 0 Å². The van der Waals surface area contributed by atoms with Crippen LogP contribution in [-0.2, 0) is 9.53 Å². The highest BCUT2D eigenvalue weighted by Gasteiger charge is 2.31. The maximum absolute atomic E-state index is 12.2. The van der Waals surface area contributed by atoms with Crippen LogP contribution in [-0.4, -0.2) is 23.5 Å². The van der Waals surface area contributed by atoms with Crippen LogP contribution >= 0.6 is 0 Å². The number of hydrazine groups is 1.